The number of imidazole rings is 1. The minimum absolute atomic E-state index is 0.0367. The number of esters is 1. The number of para-hydroxylation sites is 1. The first-order valence-corrected chi connectivity index (χ1v) is 13.2. The Hall–Kier alpha value is -2.81. The molecule has 3 aliphatic rings. The van der Waals surface area contributed by atoms with Gasteiger partial charge in [-0.15, -0.1) is 0 Å². The highest BCUT2D eigenvalue weighted by molar-refractivity contribution is 5.89. The molecule has 0 aliphatic carbocycles. The summed E-state index contributed by atoms with van der Waals surface area (Å²) in [7, 11) is 0. The van der Waals surface area contributed by atoms with Crippen LogP contribution in [0.4, 0.5) is 10.5 Å². The molecule has 0 bridgehead atoms. The van der Waals surface area contributed by atoms with Crippen LogP contribution in [-0.4, -0.2) is 89.3 Å². The molecule has 9 heteroatoms. The van der Waals surface area contributed by atoms with Crippen molar-refractivity contribution in [1.82, 2.24) is 19.8 Å². The third-order valence-corrected chi connectivity index (χ3v) is 7.79. The van der Waals surface area contributed by atoms with E-state index in [2.05, 4.69) is 38.0 Å². The summed E-state index contributed by atoms with van der Waals surface area (Å²) < 4.78 is 11.3. The molecule has 5 rings (SSSR count). The molecule has 4 heterocycles. The number of benzene rings is 1. The van der Waals surface area contributed by atoms with Crippen LogP contribution < -0.4 is 4.90 Å². The van der Waals surface area contributed by atoms with Crippen LogP contribution in [0.2, 0.25) is 0 Å². The van der Waals surface area contributed by atoms with E-state index in [0.29, 0.717) is 25.9 Å². The Labute approximate surface area is 213 Å². The number of carbonyl (C=O) groups is 2. The number of carbonyl (C=O) groups excluding carboxylic acids is 2. The fourth-order valence-corrected chi connectivity index (χ4v) is 5.79. The summed E-state index contributed by atoms with van der Waals surface area (Å²) in [6.07, 6.45) is 2.59. The van der Waals surface area contributed by atoms with E-state index in [1.165, 1.54) is 5.69 Å². The molecule has 9 nitrogen and oxygen atoms in total. The molecule has 1 spiro atoms. The lowest BCUT2D eigenvalue weighted by atomic mass is 9.76. The maximum Gasteiger partial charge on any atom is 0.410 e. The Morgan fingerprint density at radius 2 is 1.89 bits per heavy atom. The molecule has 3 aliphatic heterocycles. The number of anilines is 1. The standard InChI is InChI=1S/C27H39N5O4/c1-19-28-21-6-5-7-22(23(21)29-19)31-16-14-30(15-17-31)11-8-20-18-27(24(33)35-20)9-12-32(13-10-27)25(34)36-26(2,3)4/h5-7,20H,8-18H2,1-4H3,(H,28,29). The van der Waals surface area contributed by atoms with Gasteiger partial charge in [-0.1, -0.05) is 6.07 Å². The second kappa shape index (κ2) is 9.57. The van der Waals surface area contributed by atoms with E-state index in [1.807, 2.05) is 27.7 Å². The van der Waals surface area contributed by atoms with Crippen LogP contribution in [0.25, 0.3) is 11.0 Å². The van der Waals surface area contributed by atoms with Gasteiger partial charge in [0.15, 0.2) is 0 Å². The van der Waals surface area contributed by atoms with Gasteiger partial charge in [0.2, 0.25) is 0 Å². The SMILES string of the molecule is Cc1nc2cccc(N3CCN(CCC4CC5(CCN(C(=O)OC(C)(C)C)CC5)C(=O)O4)CC3)c2[nH]1. The number of hydrogen-bond acceptors (Lipinski definition) is 7. The van der Waals surface area contributed by atoms with Crippen molar-refractivity contribution in [2.75, 3.05) is 50.7 Å². The number of piperidine rings is 1. The number of cyclic esters (lactones) is 1. The van der Waals surface area contributed by atoms with Crippen LogP contribution in [-0.2, 0) is 14.3 Å². The second-order valence-electron chi connectivity index (χ2n) is 11.6. The van der Waals surface area contributed by atoms with Crippen LogP contribution in [0.5, 0.6) is 0 Å². The summed E-state index contributed by atoms with van der Waals surface area (Å²) in [6, 6.07) is 6.30. The van der Waals surface area contributed by atoms with Gasteiger partial charge in [0.05, 0.1) is 22.1 Å². The summed E-state index contributed by atoms with van der Waals surface area (Å²) in [5.74, 6) is 0.861. The number of hydrogen-bond donors (Lipinski definition) is 1. The normalized spacial score (nSPS) is 22.9. The molecule has 3 saturated heterocycles. The quantitative estimate of drug-likeness (QED) is 0.644. The highest BCUT2D eigenvalue weighted by Crippen LogP contribution is 2.44. The molecule has 0 radical (unpaired) electrons. The summed E-state index contributed by atoms with van der Waals surface area (Å²) in [5, 5.41) is 0. The predicted octanol–water partition coefficient (Wildman–Crippen LogP) is 3.72. The molecular formula is C27H39N5O4. The van der Waals surface area contributed by atoms with E-state index in [0.717, 1.165) is 62.4 Å². The number of likely N-dealkylation sites (tertiary alicyclic amines) is 1. The molecular weight excluding hydrogens is 458 g/mol. The second-order valence-corrected chi connectivity index (χ2v) is 11.6. The number of aromatic amines is 1. The number of nitrogens with zero attached hydrogens (tertiary/aromatic N) is 4. The molecule has 0 saturated carbocycles. The van der Waals surface area contributed by atoms with Crippen molar-refractivity contribution in [2.45, 2.75) is 65.1 Å². The average molecular weight is 498 g/mol. The van der Waals surface area contributed by atoms with E-state index in [-0.39, 0.29) is 18.2 Å². The highest BCUT2D eigenvalue weighted by atomic mass is 16.6. The first kappa shape index (κ1) is 24.9. The van der Waals surface area contributed by atoms with Crippen molar-refractivity contribution < 1.29 is 19.1 Å². The maximum absolute atomic E-state index is 12.8. The number of H-pyrrole nitrogens is 1. The number of aryl methyl sites for hydroxylation is 1. The third-order valence-electron chi connectivity index (χ3n) is 7.79. The molecule has 1 N–H and O–H groups in total. The molecule has 196 valence electrons. The Morgan fingerprint density at radius 1 is 1.17 bits per heavy atom. The van der Waals surface area contributed by atoms with Crippen molar-refractivity contribution in [3.63, 3.8) is 0 Å². The smallest absolute Gasteiger partial charge is 0.410 e. The summed E-state index contributed by atoms with van der Waals surface area (Å²) >= 11 is 0. The zero-order valence-electron chi connectivity index (χ0n) is 22.0. The van der Waals surface area contributed by atoms with Crippen LogP contribution in [0.15, 0.2) is 18.2 Å². The Balaban J connectivity index is 1.09. The van der Waals surface area contributed by atoms with Crippen LogP contribution >= 0.6 is 0 Å². The van der Waals surface area contributed by atoms with Gasteiger partial charge < -0.3 is 24.3 Å². The van der Waals surface area contributed by atoms with Gasteiger partial charge >= 0.3 is 12.1 Å². The minimum Gasteiger partial charge on any atom is -0.462 e. The molecule has 1 unspecified atom stereocenters. The number of piperazine rings is 1. The minimum atomic E-state index is -0.513. The lowest BCUT2D eigenvalue weighted by Crippen LogP contribution is -2.47. The monoisotopic (exact) mass is 497 g/mol. The van der Waals surface area contributed by atoms with Gasteiger partial charge in [-0.3, -0.25) is 9.69 Å². The maximum atomic E-state index is 12.8. The average Bonchev–Trinajstić information content (AvgIpc) is 3.36. The van der Waals surface area contributed by atoms with E-state index in [4.69, 9.17) is 9.47 Å². The lowest BCUT2D eigenvalue weighted by molar-refractivity contribution is -0.151. The Kier molecular flexibility index (Phi) is 6.61. The third kappa shape index (κ3) is 5.16. The summed E-state index contributed by atoms with van der Waals surface area (Å²) in [5.41, 5.74) is 2.39. The number of rotatable bonds is 4. The molecule has 2 aromatic rings. The summed E-state index contributed by atoms with van der Waals surface area (Å²) in [6.45, 7) is 13.5. The first-order valence-electron chi connectivity index (χ1n) is 13.2. The molecule has 36 heavy (non-hydrogen) atoms. The molecule has 1 atom stereocenters. The number of amides is 1. The Bertz CT molecular complexity index is 1110. The largest absolute Gasteiger partial charge is 0.462 e. The topological polar surface area (TPSA) is 91.0 Å². The van der Waals surface area contributed by atoms with Gasteiger partial charge in [0, 0.05) is 52.2 Å². The van der Waals surface area contributed by atoms with Gasteiger partial charge in [-0.25, -0.2) is 9.78 Å². The van der Waals surface area contributed by atoms with E-state index in [9.17, 15) is 9.59 Å². The number of fused-ring (bicyclic) bond motifs is 1. The van der Waals surface area contributed by atoms with Crippen LogP contribution in [0, 0.1) is 12.3 Å². The van der Waals surface area contributed by atoms with Crippen molar-refractivity contribution >= 4 is 28.8 Å². The number of aromatic nitrogens is 2. The van der Waals surface area contributed by atoms with Crippen molar-refractivity contribution in [1.29, 1.82) is 0 Å². The first-order chi connectivity index (χ1) is 17.1. The number of ether oxygens (including phenoxy) is 2. The zero-order chi connectivity index (χ0) is 25.5. The Morgan fingerprint density at radius 3 is 2.58 bits per heavy atom. The fraction of sp³-hybridized carbons (Fsp3) is 0.667. The zero-order valence-corrected chi connectivity index (χ0v) is 22.0. The van der Waals surface area contributed by atoms with Crippen molar-refractivity contribution in [3.05, 3.63) is 24.0 Å². The van der Waals surface area contributed by atoms with Crippen molar-refractivity contribution in [3.8, 4) is 0 Å². The van der Waals surface area contributed by atoms with Gasteiger partial charge in [0.25, 0.3) is 0 Å². The predicted molar refractivity (Wildman–Crippen MR) is 138 cm³/mol. The van der Waals surface area contributed by atoms with E-state index >= 15 is 0 Å². The molecule has 3 fully saturated rings. The van der Waals surface area contributed by atoms with E-state index in [1.54, 1.807) is 4.90 Å². The van der Waals surface area contributed by atoms with E-state index < -0.39 is 11.0 Å². The molecule has 1 aromatic heterocycles. The highest BCUT2D eigenvalue weighted by Gasteiger charge is 2.51. The molecule has 1 amide bonds. The lowest BCUT2D eigenvalue weighted by Gasteiger charge is -2.37. The summed E-state index contributed by atoms with van der Waals surface area (Å²) in [4.78, 5) is 39.8. The van der Waals surface area contributed by atoms with Gasteiger partial charge in [-0.2, -0.15) is 0 Å². The fourth-order valence-electron chi connectivity index (χ4n) is 5.79. The van der Waals surface area contributed by atoms with Gasteiger partial charge in [0.1, 0.15) is 17.5 Å². The van der Waals surface area contributed by atoms with Crippen LogP contribution in [0.3, 0.4) is 0 Å². The molecule has 1 aromatic carbocycles. The number of nitrogens with one attached hydrogen (secondary N) is 1. The van der Waals surface area contributed by atoms with Crippen molar-refractivity contribution in [2.24, 2.45) is 5.41 Å². The van der Waals surface area contributed by atoms with Crippen LogP contribution in [0.1, 0.15) is 52.3 Å². The van der Waals surface area contributed by atoms with Gasteiger partial charge in [-0.05, 0) is 59.1 Å².